The zero-order valence-electron chi connectivity index (χ0n) is 14.2. The second-order valence-corrected chi connectivity index (χ2v) is 6.03. The second-order valence-electron chi connectivity index (χ2n) is 6.03. The van der Waals surface area contributed by atoms with Gasteiger partial charge in [0.25, 0.3) is 0 Å². The van der Waals surface area contributed by atoms with Gasteiger partial charge in [0.2, 0.25) is 5.95 Å². The first kappa shape index (κ1) is 16.5. The number of hydrogen-bond acceptors (Lipinski definition) is 6. The summed E-state index contributed by atoms with van der Waals surface area (Å²) in [5, 5.41) is 11.7. The van der Waals surface area contributed by atoms with Crippen LogP contribution >= 0.6 is 0 Å². The number of benzene rings is 1. The van der Waals surface area contributed by atoms with Crippen LogP contribution in [0, 0.1) is 0 Å². The Morgan fingerprint density at radius 3 is 2.71 bits per heavy atom. The normalized spacial score (nSPS) is 15.0. The molecule has 0 bridgehead atoms. The summed E-state index contributed by atoms with van der Waals surface area (Å²) >= 11 is 0. The molecule has 0 amide bonds. The van der Waals surface area contributed by atoms with Gasteiger partial charge in [-0.25, -0.2) is 0 Å². The number of para-hydroxylation sites is 1. The third kappa shape index (κ3) is 4.34. The summed E-state index contributed by atoms with van der Waals surface area (Å²) in [5.74, 6) is 2.43. The zero-order chi connectivity index (χ0) is 16.6. The minimum Gasteiger partial charge on any atom is -0.496 e. The number of hydrogen-bond donors (Lipinski definition) is 1. The molecule has 1 fully saturated rings. The molecule has 0 unspecified atom stereocenters. The summed E-state index contributed by atoms with van der Waals surface area (Å²) in [6.07, 6.45) is 7.54. The van der Waals surface area contributed by atoms with Crippen LogP contribution < -0.4 is 15.0 Å². The molecular weight excluding hydrogens is 302 g/mol. The van der Waals surface area contributed by atoms with Gasteiger partial charge in [0.15, 0.2) is 5.82 Å². The highest BCUT2D eigenvalue weighted by Crippen LogP contribution is 2.18. The van der Waals surface area contributed by atoms with Crippen LogP contribution in [-0.2, 0) is 6.42 Å². The summed E-state index contributed by atoms with van der Waals surface area (Å²) in [6.45, 7) is 2.82. The van der Waals surface area contributed by atoms with E-state index in [1.165, 1.54) is 31.2 Å². The minimum absolute atomic E-state index is 0.735. The molecule has 24 heavy (non-hydrogen) atoms. The van der Waals surface area contributed by atoms with Gasteiger partial charge in [0.1, 0.15) is 5.75 Å². The smallest absolute Gasteiger partial charge is 0.247 e. The van der Waals surface area contributed by atoms with Gasteiger partial charge in [0.05, 0.1) is 13.3 Å². The van der Waals surface area contributed by atoms with Crippen molar-refractivity contribution in [2.45, 2.75) is 32.1 Å². The van der Waals surface area contributed by atoms with Crippen LogP contribution in [0.2, 0.25) is 0 Å². The lowest BCUT2D eigenvalue weighted by atomic mass is 10.1. The fourth-order valence-electron chi connectivity index (χ4n) is 3.02. The molecule has 128 valence electrons. The predicted molar refractivity (Wildman–Crippen MR) is 95.7 cm³/mol. The van der Waals surface area contributed by atoms with Gasteiger partial charge in [-0.3, -0.25) is 0 Å². The quantitative estimate of drug-likeness (QED) is 0.880. The van der Waals surface area contributed by atoms with Crippen molar-refractivity contribution in [3.05, 3.63) is 36.0 Å². The molecule has 1 aliphatic rings. The van der Waals surface area contributed by atoms with Crippen molar-refractivity contribution in [3.8, 4) is 5.75 Å². The van der Waals surface area contributed by atoms with E-state index in [0.717, 1.165) is 43.6 Å². The molecule has 3 rings (SSSR count). The Balaban J connectivity index is 1.58. The Morgan fingerprint density at radius 1 is 1.12 bits per heavy atom. The van der Waals surface area contributed by atoms with Gasteiger partial charge in [-0.1, -0.05) is 31.0 Å². The number of nitrogens with zero attached hydrogens (tertiary/aromatic N) is 4. The van der Waals surface area contributed by atoms with E-state index in [2.05, 4.69) is 31.5 Å². The van der Waals surface area contributed by atoms with Gasteiger partial charge in [-0.15, -0.1) is 5.10 Å². The van der Waals surface area contributed by atoms with Crippen molar-refractivity contribution in [2.75, 3.05) is 37.0 Å². The van der Waals surface area contributed by atoms with E-state index >= 15 is 0 Å². The van der Waals surface area contributed by atoms with E-state index in [1.54, 1.807) is 13.3 Å². The largest absolute Gasteiger partial charge is 0.496 e. The number of anilines is 2. The van der Waals surface area contributed by atoms with Crippen molar-refractivity contribution >= 4 is 11.8 Å². The van der Waals surface area contributed by atoms with Gasteiger partial charge < -0.3 is 15.0 Å². The molecule has 2 aromatic rings. The Morgan fingerprint density at radius 2 is 1.92 bits per heavy atom. The predicted octanol–water partition coefficient (Wildman–Crippen LogP) is 2.92. The first-order valence-electron chi connectivity index (χ1n) is 8.67. The molecule has 0 spiro atoms. The van der Waals surface area contributed by atoms with Crippen LogP contribution in [0.3, 0.4) is 0 Å². The highest BCUT2D eigenvalue weighted by molar-refractivity contribution is 5.40. The van der Waals surface area contributed by atoms with E-state index < -0.39 is 0 Å². The zero-order valence-corrected chi connectivity index (χ0v) is 14.2. The van der Waals surface area contributed by atoms with E-state index in [4.69, 9.17) is 4.74 Å². The molecule has 1 saturated heterocycles. The summed E-state index contributed by atoms with van der Waals surface area (Å²) in [7, 11) is 1.70. The monoisotopic (exact) mass is 327 g/mol. The Bertz CT molecular complexity index is 641. The standard InChI is InChI=1S/C18H25N5O/c1-24-16-9-5-4-8-15(16)10-11-19-17-14-20-22-18(21-17)23-12-6-2-3-7-13-23/h4-5,8-9,14H,2-3,6-7,10-13H2,1H3,(H,19,21,22). The molecule has 0 atom stereocenters. The lowest BCUT2D eigenvalue weighted by Gasteiger charge is -2.19. The first-order chi connectivity index (χ1) is 11.9. The Labute approximate surface area is 143 Å². The molecule has 0 aliphatic carbocycles. The van der Waals surface area contributed by atoms with Crippen molar-refractivity contribution in [1.82, 2.24) is 15.2 Å². The van der Waals surface area contributed by atoms with Gasteiger partial charge in [0, 0.05) is 19.6 Å². The molecule has 1 aliphatic heterocycles. The van der Waals surface area contributed by atoms with Crippen LogP contribution in [0.15, 0.2) is 30.5 Å². The maximum absolute atomic E-state index is 5.39. The van der Waals surface area contributed by atoms with E-state index in [1.807, 2.05) is 18.2 Å². The second kappa shape index (κ2) is 8.47. The molecule has 1 aromatic carbocycles. The molecule has 1 N–H and O–H groups in total. The maximum Gasteiger partial charge on any atom is 0.247 e. The third-order valence-corrected chi connectivity index (χ3v) is 4.33. The number of rotatable bonds is 6. The van der Waals surface area contributed by atoms with Crippen molar-refractivity contribution in [3.63, 3.8) is 0 Å². The van der Waals surface area contributed by atoms with Crippen LogP contribution in [0.25, 0.3) is 0 Å². The average molecular weight is 327 g/mol. The number of ether oxygens (including phenoxy) is 1. The van der Waals surface area contributed by atoms with Crippen molar-refractivity contribution < 1.29 is 4.74 Å². The van der Waals surface area contributed by atoms with Crippen molar-refractivity contribution in [1.29, 1.82) is 0 Å². The first-order valence-corrected chi connectivity index (χ1v) is 8.67. The molecule has 6 nitrogen and oxygen atoms in total. The lowest BCUT2D eigenvalue weighted by Crippen LogP contribution is -2.26. The van der Waals surface area contributed by atoms with E-state index in [-0.39, 0.29) is 0 Å². The summed E-state index contributed by atoms with van der Waals surface area (Å²) in [4.78, 5) is 6.86. The Hall–Kier alpha value is -2.37. The molecule has 0 radical (unpaired) electrons. The van der Waals surface area contributed by atoms with Crippen molar-refractivity contribution in [2.24, 2.45) is 0 Å². The number of methoxy groups -OCH3 is 1. The highest BCUT2D eigenvalue weighted by atomic mass is 16.5. The highest BCUT2D eigenvalue weighted by Gasteiger charge is 2.13. The van der Waals surface area contributed by atoms with Gasteiger partial charge >= 0.3 is 0 Å². The number of aromatic nitrogens is 3. The van der Waals surface area contributed by atoms with E-state index in [9.17, 15) is 0 Å². The fourth-order valence-corrected chi connectivity index (χ4v) is 3.02. The average Bonchev–Trinajstić information content (AvgIpc) is 2.92. The molecule has 6 heteroatoms. The molecule has 1 aromatic heterocycles. The molecular formula is C18H25N5O. The SMILES string of the molecule is COc1ccccc1CCNc1cnnc(N2CCCCCC2)n1. The minimum atomic E-state index is 0.735. The molecule has 2 heterocycles. The van der Waals surface area contributed by atoms with Gasteiger partial charge in [-0.2, -0.15) is 10.1 Å². The van der Waals surface area contributed by atoms with Crippen LogP contribution in [-0.4, -0.2) is 41.9 Å². The fraction of sp³-hybridized carbons (Fsp3) is 0.500. The maximum atomic E-state index is 5.39. The lowest BCUT2D eigenvalue weighted by molar-refractivity contribution is 0.410. The summed E-state index contributed by atoms with van der Waals surface area (Å²) in [6, 6.07) is 8.08. The summed E-state index contributed by atoms with van der Waals surface area (Å²) in [5.41, 5.74) is 1.18. The Kier molecular flexibility index (Phi) is 5.82. The molecule has 0 saturated carbocycles. The number of nitrogens with one attached hydrogen (secondary N) is 1. The van der Waals surface area contributed by atoms with Crippen LogP contribution in [0.5, 0.6) is 5.75 Å². The van der Waals surface area contributed by atoms with E-state index in [0.29, 0.717) is 0 Å². The third-order valence-electron chi connectivity index (χ3n) is 4.33. The van der Waals surface area contributed by atoms with Crippen LogP contribution in [0.1, 0.15) is 31.2 Å². The topological polar surface area (TPSA) is 63.2 Å². The van der Waals surface area contributed by atoms with Crippen LogP contribution in [0.4, 0.5) is 11.8 Å². The summed E-state index contributed by atoms with van der Waals surface area (Å²) < 4.78 is 5.39. The van der Waals surface area contributed by atoms with Gasteiger partial charge in [-0.05, 0) is 30.9 Å².